The number of carbonyl (C=O) groups excluding carboxylic acids is 1. The van der Waals surface area contributed by atoms with Gasteiger partial charge in [-0.25, -0.2) is 0 Å². The molecular formula is C31H34F3N5O3S. The lowest BCUT2D eigenvalue weighted by Gasteiger charge is -2.30. The Bertz CT molecular complexity index is 1700. The number of pyridine rings is 1. The van der Waals surface area contributed by atoms with Crippen molar-refractivity contribution in [1.29, 1.82) is 0 Å². The minimum Gasteiger partial charge on any atom is -0.355 e. The number of benzene rings is 2. The van der Waals surface area contributed by atoms with Gasteiger partial charge in [0.05, 0.1) is 22.0 Å². The molecular weight excluding hydrogens is 579 g/mol. The Morgan fingerprint density at radius 2 is 1.74 bits per heavy atom. The summed E-state index contributed by atoms with van der Waals surface area (Å²) in [5, 5.41) is 7.66. The molecule has 1 aliphatic carbocycles. The van der Waals surface area contributed by atoms with Crippen LogP contribution in [0.4, 0.5) is 13.2 Å². The van der Waals surface area contributed by atoms with Crippen molar-refractivity contribution >= 4 is 26.8 Å². The number of hydrogen-bond acceptors (Lipinski definition) is 6. The third-order valence-corrected chi connectivity index (χ3v) is 10.0. The first-order valence-electron chi connectivity index (χ1n) is 14.0. The molecule has 5 rings (SSSR count). The summed E-state index contributed by atoms with van der Waals surface area (Å²) in [4.78, 5) is 19.0. The van der Waals surface area contributed by atoms with E-state index in [9.17, 15) is 26.4 Å². The Kier molecular flexibility index (Phi) is 8.36. The third kappa shape index (κ3) is 6.30. The van der Waals surface area contributed by atoms with Gasteiger partial charge in [-0.05, 0) is 87.8 Å². The van der Waals surface area contributed by atoms with E-state index in [-0.39, 0.29) is 36.7 Å². The molecule has 0 spiro atoms. The van der Waals surface area contributed by atoms with Crippen molar-refractivity contribution in [3.8, 4) is 0 Å². The Balaban J connectivity index is 1.28. The zero-order valence-corrected chi connectivity index (χ0v) is 25.0. The minimum atomic E-state index is -4.40. The molecule has 0 unspecified atom stereocenters. The summed E-state index contributed by atoms with van der Waals surface area (Å²) in [6, 6.07) is 14.9. The second-order valence-electron chi connectivity index (χ2n) is 11.5. The molecule has 1 fully saturated rings. The number of nitrogens with zero attached hydrogens (tertiary/aromatic N) is 4. The fourth-order valence-corrected chi connectivity index (χ4v) is 6.85. The maximum atomic E-state index is 14.0. The van der Waals surface area contributed by atoms with E-state index in [0.29, 0.717) is 22.9 Å². The fourth-order valence-electron chi connectivity index (χ4n) is 5.58. The van der Waals surface area contributed by atoms with E-state index in [1.807, 2.05) is 38.1 Å². The predicted molar refractivity (Wildman–Crippen MR) is 157 cm³/mol. The summed E-state index contributed by atoms with van der Waals surface area (Å²) in [6.45, 7) is 2.11. The van der Waals surface area contributed by atoms with Crippen LogP contribution in [-0.4, -0.2) is 66.3 Å². The molecule has 43 heavy (non-hydrogen) atoms. The zero-order valence-electron chi connectivity index (χ0n) is 24.2. The number of fused-ring (bicyclic) bond motifs is 1. The summed E-state index contributed by atoms with van der Waals surface area (Å²) in [7, 11) is -0.146. The van der Waals surface area contributed by atoms with E-state index in [1.165, 1.54) is 18.6 Å². The molecule has 2 aromatic carbocycles. The van der Waals surface area contributed by atoms with Gasteiger partial charge in [-0.15, -0.1) is 0 Å². The standard InChI is InChI=1S/C31H34F3N5O3S/c1-21-4-7-26(8-5-21)43(41,42)39-28-9-6-22(16-24(28)19-37-39)17-25(38(2)3)20-36-29(40)18-27(23-10-14-35-15-11-23)30(12-13-30)31(32,33)34/h4-11,14-16,19,25,27H,12-13,17-18,20H2,1-3H3,(H,36,40)/t25-,27+/m0/s1. The van der Waals surface area contributed by atoms with Crippen LogP contribution in [0.2, 0.25) is 0 Å². The fraction of sp³-hybridized carbons (Fsp3) is 0.387. The highest BCUT2D eigenvalue weighted by atomic mass is 32.2. The topological polar surface area (TPSA) is 97.2 Å². The van der Waals surface area contributed by atoms with Gasteiger partial charge in [-0.2, -0.15) is 30.8 Å². The lowest BCUT2D eigenvalue weighted by atomic mass is 9.80. The van der Waals surface area contributed by atoms with E-state index in [2.05, 4.69) is 15.4 Å². The Labute approximate surface area is 249 Å². The normalized spacial score (nSPS) is 16.3. The third-order valence-electron chi connectivity index (χ3n) is 8.40. The average Bonchev–Trinajstić information content (AvgIpc) is 3.67. The van der Waals surface area contributed by atoms with Crippen LogP contribution in [0.15, 0.2) is 78.1 Å². The van der Waals surface area contributed by atoms with Crippen LogP contribution in [0.5, 0.6) is 0 Å². The van der Waals surface area contributed by atoms with Gasteiger partial charge in [0.2, 0.25) is 5.91 Å². The lowest BCUT2D eigenvalue weighted by molar-refractivity contribution is -0.194. The van der Waals surface area contributed by atoms with Crippen molar-refractivity contribution in [1.82, 2.24) is 24.4 Å². The summed E-state index contributed by atoms with van der Waals surface area (Å²) < 4.78 is 69.5. The van der Waals surface area contributed by atoms with Gasteiger partial charge in [0.15, 0.2) is 0 Å². The highest BCUT2D eigenvalue weighted by molar-refractivity contribution is 7.90. The largest absolute Gasteiger partial charge is 0.395 e. The van der Waals surface area contributed by atoms with Crippen molar-refractivity contribution < 1.29 is 26.4 Å². The molecule has 0 radical (unpaired) electrons. The highest BCUT2D eigenvalue weighted by Crippen LogP contribution is 2.66. The monoisotopic (exact) mass is 613 g/mol. The number of aryl methyl sites for hydroxylation is 1. The van der Waals surface area contributed by atoms with E-state index in [4.69, 9.17) is 0 Å². The second-order valence-corrected chi connectivity index (χ2v) is 13.3. The number of aromatic nitrogens is 3. The van der Waals surface area contributed by atoms with Crippen LogP contribution in [0, 0.1) is 12.3 Å². The van der Waals surface area contributed by atoms with Crippen LogP contribution in [0.1, 0.15) is 41.9 Å². The van der Waals surface area contributed by atoms with E-state index in [1.54, 1.807) is 42.5 Å². The predicted octanol–water partition coefficient (Wildman–Crippen LogP) is 5.08. The number of carbonyl (C=O) groups is 1. The van der Waals surface area contributed by atoms with E-state index < -0.39 is 33.4 Å². The SMILES string of the molecule is Cc1ccc(S(=O)(=O)n2ncc3cc(C[C@@H](CNC(=O)C[C@H](c4ccncc4)C4(C(F)(F)F)CC4)N(C)C)ccc32)cc1. The quantitative estimate of drug-likeness (QED) is 0.254. The van der Waals surface area contributed by atoms with Crippen LogP contribution >= 0.6 is 0 Å². The molecule has 8 nitrogen and oxygen atoms in total. The number of amides is 1. The summed E-state index contributed by atoms with van der Waals surface area (Å²) in [5.74, 6) is -1.43. The number of halogens is 3. The van der Waals surface area contributed by atoms with Crippen molar-refractivity contribution in [2.45, 2.75) is 55.6 Å². The molecule has 2 heterocycles. The van der Waals surface area contributed by atoms with Gasteiger partial charge in [-0.3, -0.25) is 9.78 Å². The molecule has 2 atom stereocenters. The van der Waals surface area contributed by atoms with Crippen molar-refractivity contribution in [2.24, 2.45) is 5.41 Å². The number of rotatable bonds is 11. The van der Waals surface area contributed by atoms with Gasteiger partial charge in [0.25, 0.3) is 10.0 Å². The van der Waals surface area contributed by atoms with Crippen molar-refractivity contribution in [3.05, 3.63) is 89.9 Å². The molecule has 0 saturated heterocycles. The second kappa shape index (κ2) is 11.7. The van der Waals surface area contributed by atoms with Crippen LogP contribution in [0.3, 0.4) is 0 Å². The van der Waals surface area contributed by atoms with Crippen molar-refractivity contribution in [3.63, 3.8) is 0 Å². The summed E-state index contributed by atoms with van der Waals surface area (Å²) in [5.41, 5.74) is 0.861. The molecule has 1 amide bonds. The average molecular weight is 614 g/mol. The van der Waals surface area contributed by atoms with Gasteiger partial charge >= 0.3 is 6.18 Å². The van der Waals surface area contributed by atoms with Gasteiger partial charge in [0.1, 0.15) is 0 Å². The molecule has 1 aliphatic rings. The summed E-state index contributed by atoms with van der Waals surface area (Å²) in [6.07, 6.45) is 0.249. The molecule has 0 bridgehead atoms. The molecule has 1 saturated carbocycles. The lowest BCUT2D eigenvalue weighted by Crippen LogP contribution is -2.42. The molecule has 2 aromatic heterocycles. The molecule has 1 N–H and O–H groups in total. The van der Waals surface area contributed by atoms with Crippen LogP contribution < -0.4 is 5.32 Å². The van der Waals surface area contributed by atoms with Gasteiger partial charge in [0, 0.05) is 42.7 Å². The molecule has 0 aliphatic heterocycles. The smallest absolute Gasteiger partial charge is 0.355 e. The van der Waals surface area contributed by atoms with E-state index in [0.717, 1.165) is 15.2 Å². The zero-order chi connectivity index (χ0) is 31.0. The maximum absolute atomic E-state index is 14.0. The Hall–Kier alpha value is -3.77. The van der Waals surface area contributed by atoms with Gasteiger partial charge < -0.3 is 10.2 Å². The first-order valence-corrected chi connectivity index (χ1v) is 15.4. The number of hydrogen-bond donors (Lipinski definition) is 1. The number of nitrogens with one attached hydrogen (secondary N) is 1. The first-order chi connectivity index (χ1) is 20.3. The highest BCUT2D eigenvalue weighted by Gasteiger charge is 2.67. The van der Waals surface area contributed by atoms with Crippen molar-refractivity contribution in [2.75, 3.05) is 20.6 Å². The van der Waals surface area contributed by atoms with Gasteiger partial charge in [-0.1, -0.05) is 23.8 Å². The van der Waals surface area contributed by atoms with Crippen LogP contribution in [0.25, 0.3) is 10.9 Å². The number of likely N-dealkylation sites (N-methyl/N-ethyl adjacent to an activating group) is 1. The summed E-state index contributed by atoms with van der Waals surface area (Å²) >= 11 is 0. The van der Waals surface area contributed by atoms with Crippen LogP contribution in [-0.2, 0) is 21.2 Å². The molecule has 4 aromatic rings. The number of alkyl halides is 3. The maximum Gasteiger partial charge on any atom is 0.395 e. The Morgan fingerprint density at radius 1 is 1.07 bits per heavy atom. The molecule has 228 valence electrons. The van der Waals surface area contributed by atoms with E-state index >= 15 is 0 Å². The minimum absolute atomic E-state index is 0.00245. The molecule has 12 heteroatoms. The first kappa shape index (κ1) is 30.7. The Morgan fingerprint density at radius 3 is 2.35 bits per heavy atom.